The minimum atomic E-state index is -0.187. The van der Waals surface area contributed by atoms with Gasteiger partial charge >= 0.3 is 0 Å². The number of hydrogen-bond acceptors (Lipinski definition) is 2. The van der Waals surface area contributed by atoms with Crippen molar-refractivity contribution < 1.29 is 9.59 Å². The van der Waals surface area contributed by atoms with Crippen LogP contribution in [0.25, 0.3) is 0 Å². The molecule has 1 aromatic rings. The van der Waals surface area contributed by atoms with Crippen LogP contribution in [-0.2, 0) is 9.59 Å². The second-order valence-corrected chi connectivity index (χ2v) is 4.47. The van der Waals surface area contributed by atoms with Crippen molar-refractivity contribution in [2.45, 2.75) is 18.8 Å². The second kappa shape index (κ2) is 4.14. The first-order chi connectivity index (χ1) is 7.16. The minimum Gasteiger partial charge on any atom is -0.296 e. The molecule has 0 bridgehead atoms. The predicted octanol–water partition coefficient (Wildman–Crippen LogP) is 1.97. The van der Waals surface area contributed by atoms with Crippen molar-refractivity contribution in [3.05, 3.63) is 34.3 Å². The molecule has 1 atom stereocenters. The molecular formula is C11H10BrNO2. The zero-order chi connectivity index (χ0) is 10.8. The van der Waals surface area contributed by atoms with Crippen LogP contribution < -0.4 is 5.32 Å². The van der Waals surface area contributed by atoms with Gasteiger partial charge in [-0.25, -0.2) is 0 Å². The Labute approximate surface area is 96.0 Å². The van der Waals surface area contributed by atoms with Crippen molar-refractivity contribution in [3.8, 4) is 0 Å². The smallest absolute Gasteiger partial charge is 0.234 e. The first-order valence-corrected chi connectivity index (χ1v) is 5.55. The van der Waals surface area contributed by atoms with Gasteiger partial charge in [0.25, 0.3) is 0 Å². The van der Waals surface area contributed by atoms with Gasteiger partial charge in [-0.05, 0) is 24.1 Å². The monoisotopic (exact) mass is 267 g/mol. The summed E-state index contributed by atoms with van der Waals surface area (Å²) in [5.41, 5.74) is 0.961. The molecule has 1 unspecified atom stereocenters. The summed E-state index contributed by atoms with van der Waals surface area (Å²) >= 11 is 3.34. The fourth-order valence-corrected chi connectivity index (χ4v) is 1.97. The summed E-state index contributed by atoms with van der Waals surface area (Å²) in [6, 6.07) is 7.62. The Hall–Kier alpha value is -1.16. The summed E-state index contributed by atoms with van der Waals surface area (Å²) in [5.74, 6) is -0.544. The number of benzene rings is 1. The largest absolute Gasteiger partial charge is 0.296 e. The highest BCUT2D eigenvalue weighted by atomic mass is 79.9. The molecule has 1 aromatic carbocycles. The lowest BCUT2D eigenvalue weighted by atomic mass is 9.91. The Kier molecular flexibility index (Phi) is 2.86. The summed E-state index contributed by atoms with van der Waals surface area (Å²) in [4.78, 5) is 22.5. The lowest BCUT2D eigenvalue weighted by Gasteiger charge is -2.20. The van der Waals surface area contributed by atoms with E-state index >= 15 is 0 Å². The van der Waals surface area contributed by atoms with Gasteiger partial charge in [0.2, 0.25) is 11.8 Å². The van der Waals surface area contributed by atoms with Crippen LogP contribution in [-0.4, -0.2) is 11.8 Å². The van der Waals surface area contributed by atoms with Gasteiger partial charge in [0, 0.05) is 10.9 Å². The average molecular weight is 268 g/mol. The molecule has 1 aliphatic rings. The molecule has 0 saturated carbocycles. The van der Waals surface area contributed by atoms with E-state index in [1.165, 1.54) is 0 Å². The van der Waals surface area contributed by atoms with Gasteiger partial charge < -0.3 is 0 Å². The molecule has 0 spiro atoms. The topological polar surface area (TPSA) is 46.2 Å². The zero-order valence-corrected chi connectivity index (χ0v) is 9.58. The Morgan fingerprint density at radius 3 is 2.47 bits per heavy atom. The number of hydrogen-bond donors (Lipinski definition) is 1. The maximum absolute atomic E-state index is 11.5. The molecule has 2 amide bonds. The number of carbonyl (C=O) groups excluding carboxylic acids is 2. The molecule has 1 heterocycles. The highest BCUT2D eigenvalue weighted by Gasteiger charge is 2.27. The molecule has 15 heavy (non-hydrogen) atoms. The SMILES string of the molecule is O=C1CCC(c2ccc(Br)cc2)C(=O)N1. The van der Waals surface area contributed by atoms with Crippen molar-refractivity contribution in [2.75, 3.05) is 0 Å². The maximum atomic E-state index is 11.5. The number of carbonyl (C=O) groups is 2. The molecule has 1 N–H and O–H groups in total. The third-order valence-corrected chi connectivity index (χ3v) is 3.04. The Balaban J connectivity index is 2.20. The fourth-order valence-electron chi connectivity index (χ4n) is 1.71. The molecule has 0 radical (unpaired) electrons. The van der Waals surface area contributed by atoms with Gasteiger partial charge in [0.05, 0.1) is 5.92 Å². The highest BCUT2D eigenvalue weighted by molar-refractivity contribution is 9.10. The van der Waals surface area contributed by atoms with E-state index < -0.39 is 0 Å². The van der Waals surface area contributed by atoms with Gasteiger partial charge in [0.1, 0.15) is 0 Å². The molecular weight excluding hydrogens is 258 g/mol. The van der Waals surface area contributed by atoms with E-state index in [1.807, 2.05) is 24.3 Å². The van der Waals surface area contributed by atoms with E-state index in [4.69, 9.17) is 0 Å². The van der Waals surface area contributed by atoms with Crippen molar-refractivity contribution >= 4 is 27.7 Å². The molecule has 2 rings (SSSR count). The maximum Gasteiger partial charge on any atom is 0.234 e. The molecule has 0 aromatic heterocycles. The van der Waals surface area contributed by atoms with Crippen LogP contribution in [0.3, 0.4) is 0 Å². The van der Waals surface area contributed by atoms with Crippen LogP contribution in [0.15, 0.2) is 28.7 Å². The van der Waals surface area contributed by atoms with Gasteiger partial charge in [-0.15, -0.1) is 0 Å². The van der Waals surface area contributed by atoms with Gasteiger partial charge in [-0.1, -0.05) is 28.1 Å². The van der Waals surface area contributed by atoms with E-state index in [-0.39, 0.29) is 17.7 Å². The van der Waals surface area contributed by atoms with Gasteiger partial charge in [0.15, 0.2) is 0 Å². The second-order valence-electron chi connectivity index (χ2n) is 3.56. The quantitative estimate of drug-likeness (QED) is 0.791. The first kappa shape index (κ1) is 10.4. The van der Waals surface area contributed by atoms with Crippen LogP contribution >= 0.6 is 15.9 Å². The summed E-state index contributed by atoms with van der Waals surface area (Å²) in [7, 11) is 0. The third kappa shape index (κ3) is 2.26. The summed E-state index contributed by atoms with van der Waals surface area (Å²) in [6.07, 6.45) is 1.03. The lowest BCUT2D eigenvalue weighted by Crippen LogP contribution is -2.39. The molecule has 1 aliphatic heterocycles. The summed E-state index contributed by atoms with van der Waals surface area (Å²) in [6.45, 7) is 0. The van der Waals surface area contributed by atoms with Crippen LogP contribution in [0, 0.1) is 0 Å². The number of piperidine rings is 1. The van der Waals surface area contributed by atoms with E-state index in [1.54, 1.807) is 0 Å². The zero-order valence-electron chi connectivity index (χ0n) is 8.00. The molecule has 1 fully saturated rings. The standard InChI is InChI=1S/C11H10BrNO2/c12-8-3-1-7(2-4-8)9-5-6-10(14)13-11(9)15/h1-4,9H,5-6H2,(H,13,14,15). The van der Waals surface area contributed by atoms with Crippen LogP contribution in [0.4, 0.5) is 0 Å². The minimum absolute atomic E-state index is 0.173. The number of halogens is 1. The normalized spacial score (nSPS) is 21.3. The van der Waals surface area contributed by atoms with Gasteiger partial charge in [-0.2, -0.15) is 0 Å². The van der Waals surface area contributed by atoms with Crippen LogP contribution in [0.5, 0.6) is 0 Å². The number of amides is 2. The molecule has 4 heteroatoms. The van der Waals surface area contributed by atoms with Crippen LogP contribution in [0.1, 0.15) is 24.3 Å². The van der Waals surface area contributed by atoms with Crippen molar-refractivity contribution in [3.63, 3.8) is 0 Å². The molecule has 3 nitrogen and oxygen atoms in total. The van der Waals surface area contributed by atoms with Crippen molar-refractivity contribution in [2.24, 2.45) is 0 Å². The fraction of sp³-hybridized carbons (Fsp3) is 0.273. The van der Waals surface area contributed by atoms with E-state index in [2.05, 4.69) is 21.2 Å². The summed E-state index contributed by atoms with van der Waals surface area (Å²) < 4.78 is 0.985. The third-order valence-electron chi connectivity index (χ3n) is 2.51. The average Bonchev–Trinajstić information content (AvgIpc) is 2.20. The highest BCUT2D eigenvalue weighted by Crippen LogP contribution is 2.25. The molecule has 78 valence electrons. The van der Waals surface area contributed by atoms with Gasteiger partial charge in [-0.3, -0.25) is 14.9 Å². The predicted molar refractivity (Wildman–Crippen MR) is 59.3 cm³/mol. The number of rotatable bonds is 1. The first-order valence-electron chi connectivity index (χ1n) is 4.76. The summed E-state index contributed by atoms with van der Waals surface area (Å²) in [5, 5.41) is 2.35. The molecule has 1 saturated heterocycles. The van der Waals surface area contributed by atoms with Crippen molar-refractivity contribution in [1.82, 2.24) is 5.32 Å². The Bertz CT molecular complexity index is 400. The van der Waals surface area contributed by atoms with E-state index in [0.29, 0.717) is 12.8 Å². The lowest BCUT2D eigenvalue weighted by molar-refractivity contribution is -0.134. The molecule has 0 aliphatic carbocycles. The number of imide groups is 1. The Morgan fingerprint density at radius 1 is 1.20 bits per heavy atom. The van der Waals surface area contributed by atoms with Crippen molar-refractivity contribution in [1.29, 1.82) is 0 Å². The van der Waals surface area contributed by atoms with E-state index in [0.717, 1.165) is 10.0 Å². The Morgan fingerprint density at radius 2 is 1.87 bits per heavy atom. The van der Waals surface area contributed by atoms with E-state index in [9.17, 15) is 9.59 Å². The number of nitrogens with one attached hydrogen (secondary N) is 1. The van der Waals surface area contributed by atoms with Crippen LogP contribution in [0.2, 0.25) is 0 Å².